The minimum absolute atomic E-state index is 0.202. The summed E-state index contributed by atoms with van der Waals surface area (Å²) in [6.07, 6.45) is 0.811. The van der Waals surface area contributed by atoms with Crippen LogP contribution in [-0.4, -0.2) is 51.2 Å². The molecule has 1 heterocycles. The standard InChI is InChI=1S/C18H24N4O4/c1-3-10-21(18(25)26-13-14(2)23)11-7-12-22-17(24)19-16(20-22)15-8-5-4-6-9-15/h4-6,8-9H,3,7,10-13H2,1-2H3,(H,19,20,24). The predicted molar refractivity (Wildman–Crippen MR) is 96.8 cm³/mol. The number of aryl methyl sites for hydroxylation is 1. The second-order valence-corrected chi connectivity index (χ2v) is 5.97. The van der Waals surface area contributed by atoms with Crippen molar-refractivity contribution in [2.45, 2.75) is 33.2 Å². The third-order valence-electron chi connectivity index (χ3n) is 3.68. The third-order valence-corrected chi connectivity index (χ3v) is 3.68. The zero-order valence-electron chi connectivity index (χ0n) is 15.1. The second kappa shape index (κ2) is 9.55. The number of ketones is 1. The Morgan fingerprint density at radius 3 is 2.62 bits per heavy atom. The van der Waals surface area contributed by atoms with E-state index in [1.807, 2.05) is 37.3 Å². The minimum atomic E-state index is -0.513. The summed E-state index contributed by atoms with van der Waals surface area (Å²) in [5.41, 5.74) is 0.550. The van der Waals surface area contributed by atoms with Crippen molar-refractivity contribution in [3.63, 3.8) is 0 Å². The van der Waals surface area contributed by atoms with E-state index in [1.165, 1.54) is 11.6 Å². The maximum absolute atomic E-state index is 12.0. The molecule has 0 radical (unpaired) electrons. The van der Waals surface area contributed by atoms with Gasteiger partial charge in [0.15, 0.2) is 18.2 Å². The molecular formula is C18H24N4O4. The van der Waals surface area contributed by atoms with Gasteiger partial charge in [0.25, 0.3) is 0 Å². The van der Waals surface area contributed by atoms with Crippen LogP contribution in [-0.2, 0) is 16.1 Å². The van der Waals surface area contributed by atoms with Crippen LogP contribution in [0.15, 0.2) is 35.1 Å². The van der Waals surface area contributed by atoms with Gasteiger partial charge in [-0.1, -0.05) is 37.3 Å². The van der Waals surface area contributed by atoms with Gasteiger partial charge in [0.1, 0.15) is 0 Å². The van der Waals surface area contributed by atoms with Crippen molar-refractivity contribution in [1.82, 2.24) is 19.7 Å². The normalized spacial score (nSPS) is 10.5. The number of benzene rings is 1. The molecule has 0 atom stereocenters. The number of carbonyl (C=O) groups is 2. The number of nitrogens with zero attached hydrogens (tertiary/aromatic N) is 3. The van der Waals surface area contributed by atoms with Crippen LogP contribution < -0.4 is 5.69 Å². The van der Waals surface area contributed by atoms with Crippen LogP contribution in [0.1, 0.15) is 26.7 Å². The van der Waals surface area contributed by atoms with Crippen LogP contribution in [0.4, 0.5) is 4.79 Å². The minimum Gasteiger partial charge on any atom is -0.441 e. The van der Waals surface area contributed by atoms with Gasteiger partial charge in [-0.25, -0.2) is 14.3 Å². The van der Waals surface area contributed by atoms with Gasteiger partial charge in [0.2, 0.25) is 0 Å². The van der Waals surface area contributed by atoms with Gasteiger partial charge in [-0.05, 0) is 19.8 Å². The van der Waals surface area contributed by atoms with Gasteiger partial charge in [-0.15, -0.1) is 5.10 Å². The van der Waals surface area contributed by atoms with E-state index in [9.17, 15) is 14.4 Å². The summed E-state index contributed by atoms with van der Waals surface area (Å²) in [6.45, 7) is 4.42. The Kier molecular flexibility index (Phi) is 7.13. The van der Waals surface area contributed by atoms with Crippen molar-refractivity contribution in [3.05, 3.63) is 40.8 Å². The molecule has 1 aromatic heterocycles. The summed E-state index contributed by atoms with van der Waals surface area (Å²) >= 11 is 0. The first-order chi connectivity index (χ1) is 12.5. The molecule has 8 heteroatoms. The average molecular weight is 360 g/mol. The average Bonchev–Trinajstić information content (AvgIpc) is 3.00. The summed E-state index contributed by atoms with van der Waals surface area (Å²) < 4.78 is 6.31. The van der Waals surface area contributed by atoms with Crippen LogP contribution in [0.25, 0.3) is 11.4 Å². The molecule has 26 heavy (non-hydrogen) atoms. The Labute approximate surface area is 151 Å². The van der Waals surface area contributed by atoms with Gasteiger partial charge in [0, 0.05) is 25.2 Å². The maximum Gasteiger partial charge on any atom is 0.410 e. The number of H-pyrrole nitrogens is 1. The van der Waals surface area contributed by atoms with Crippen LogP contribution in [0, 0.1) is 0 Å². The molecule has 0 aliphatic heterocycles. The molecular weight excluding hydrogens is 336 g/mol. The maximum atomic E-state index is 12.0. The molecule has 1 amide bonds. The summed E-state index contributed by atoms with van der Waals surface area (Å²) in [5.74, 6) is 0.313. The van der Waals surface area contributed by atoms with E-state index in [0.29, 0.717) is 31.9 Å². The van der Waals surface area contributed by atoms with Crippen molar-refractivity contribution in [1.29, 1.82) is 0 Å². The first kappa shape index (κ1) is 19.4. The van der Waals surface area contributed by atoms with Gasteiger partial charge in [-0.3, -0.25) is 9.78 Å². The lowest BCUT2D eigenvalue weighted by Crippen LogP contribution is -2.35. The molecule has 0 spiro atoms. The number of aromatic nitrogens is 3. The van der Waals surface area contributed by atoms with Crippen LogP contribution >= 0.6 is 0 Å². The Bertz CT molecular complexity index is 782. The smallest absolute Gasteiger partial charge is 0.410 e. The largest absolute Gasteiger partial charge is 0.441 e. The Hall–Kier alpha value is -2.90. The van der Waals surface area contributed by atoms with Crippen molar-refractivity contribution in [2.24, 2.45) is 0 Å². The summed E-state index contributed by atoms with van der Waals surface area (Å²) in [5, 5.41) is 4.30. The number of nitrogens with one attached hydrogen (secondary N) is 1. The molecule has 1 aromatic carbocycles. The van der Waals surface area contributed by atoms with E-state index in [4.69, 9.17) is 4.74 Å². The molecule has 0 bridgehead atoms. The molecule has 8 nitrogen and oxygen atoms in total. The molecule has 2 aromatic rings. The van der Waals surface area contributed by atoms with Gasteiger partial charge in [-0.2, -0.15) is 0 Å². The molecule has 140 valence electrons. The van der Waals surface area contributed by atoms with Crippen LogP contribution in [0.3, 0.4) is 0 Å². The Morgan fingerprint density at radius 1 is 1.23 bits per heavy atom. The van der Waals surface area contributed by atoms with Crippen LogP contribution in [0.2, 0.25) is 0 Å². The zero-order valence-corrected chi connectivity index (χ0v) is 15.1. The quantitative estimate of drug-likeness (QED) is 0.738. The van der Waals surface area contributed by atoms with Crippen molar-refractivity contribution in [2.75, 3.05) is 19.7 Å². The first-order valence-corrected chi connectivity index (χ1v) is 8.65. The highest BCUT2D eigenvalue weighted by atomic mass is 16.6. The fourth-order valence-electron chi connectivity index (χ4n) is 2.46. The van der Waals surface area contributed by atoms with E-state index in [0.717, 1.165) is 12.0 Å². The van der Waals surface area contributed by atoms with E-state index in [2.05, 4.69) is 10.1 Å². The fraction of sp³-hybridized carbons (Fsp3) is 0.444. The number of aromatic amines is 1. The molecule has 0 saturated heterocycles. The molecule has 2 rings (SSSR count). The van der Waals surface area contributed by atoms with E-state index in [1.54, 1.807) is 4.90 Å². The Balaban J connectivity index is 1.93. The molecule has 0 aliphatic carbocycles. The van der Waals surface area contributed by atoms with E-state index >= 15 is 0 Å². The monoisotopic (exact) mass is 360 g/mol. The van der Waals surface area contributed by atoms with E-state index in [-0.39, 0.29) is 18.1 Å². The highest BCUT2D eigenvalue weighted by molar-refractivity contribution is 5.79. The molecule has 0 aliphatic rings. The highest BCUT2D eigenvalue weighted by Gasteiger charge is 2.15. The Morgan fingerprint density at radius 2 is 1.96 bits per heavy atom. The van der Waals surface area contributed by atoms with E-state index < -0.39 is 6.09 Å². The highest BCUT2D eigenvalue weighted by Crippen LogP contribution is 2.11. The molecule has 0 unspecified atom stereocenters. The molecule has 0 saturated carbocycles. The summed E-state index contributed by atoms with van der Waals surface area (Å²) in [6, 6.07) is 9.39. The molecule has 1 N–H and O–H groups in total. The molecule has 0 fully saturated rings. The number of hydrogen-bond acceptors (Lipinski definition) is 5. The zero-order chi connectivity index (χ0) is 18.9. The van der Waals surface area contributed by atoms with Gasteiger partial charge < -0.3 is 9.64 Å². The summed E-state index contributed by atoms with van der Waals surface area (Å²) in [4.78, 5) is 39.2. The van der Waals surface area contributed by atoms with Crippen molar-refractivity contribution in [3.8, 4) is 11.4 Å². The number of hydrogen-bond donors (Lipinski definition) is 1. The first-order valence-electron chi connectivity index (χ1n) is 8.65. The van der Waals surface area contributed by atoms with Crippen LogP contribution in [0.5, 0.6) is 0 Å². The third kappa shape index (κ3) is 5.58. The number of ether oxygens (including phenoxy) is 1. The lowest BCUT2D eigenvalue weighted by molar-refractivity contribution is -0.120. The SMILES string of the molecule is CCCN(CCCn1nc(-c2ccccc2)[nH]c1=O)C(=O)OCC(C)=O. The topological polar surface area (TPSA) is 97.3 Å². The fourth-order valence-corrected chi connectivity index (χ4v) is 2.46. The lowest BCUT2D eigenvalue weighted by Gasteiger charge is -2.21. The van der Waals surface area contributed by atoms with Gasteiger partial charge in [0.05, 0.1) is 0 Å². The van der Waals surface area contributed by atoms with Crippen molar-refractivity contribution >= 4 is 11.9 Å². The number of carbonyl (C=O) groups excluding carboxylic acids is 2. The number of rotatable bonds is 9. The second-order valence-electron chi connectivity index (χ2n) is 5.97. The number of Topliss-reactive ketones (excluding diaryl/α,β-unsaturated/α-hetero) is 1. The van der Waals surface area contributed by atoms with Gasteiger partial charge >= 0.3 is 11.8 Å². The summed E-state index contributed by atoms with van der Waals surface area (Å²) in [7, 11) is 0. The number of amides is 1. The van der Waals surface area contributed by atoms with Crippen molar-refractivity contribution < 1.29 is 14.3 Å². The lowest BCUT2D eigenvalue weighted by atomic mass is 10.2. The predicted octanol–water partition coefficient (Wildman–Crippen LogP) is 2.07.